The summed E-state index contributed by atoms with van der Waals surface area (Å²) in [6.07, 6.45) is 2.48. The monoisotopic (exact) mass is 324 g/mol. The van der Waals surface area contributed by atoms with E-state index in [1.165, 1.54) is 0 Å². The molecule has 24 heavy (non-hydrogen) atoms. The van der Waals surface area contributed by atoms with Crippen molar-refractivity contribution < 1.29 is 9.90 Å². The van der Waals surface area contributed by atoms with Crippen molar-refractivity contribution in [2.75, 3.05) is 0 Å². The Morgan fingerprint density at radius 2 is 1.67 bits per heavy atom. The number of hydrogen-bond acceptors (Lipinski definition) is 3. The third kappa shape index (κ3) is 5.32. The lowest BCUT2D eigenvalue weighted by atomic mass is 9.99. The lowest BCUT2D eigenvalue weighted by Gasteiger charge is -2.15. The Kier molecular flexibility index (Phi) is 7.18. The molecule has 0 radical (unpaired) electrons. The van der Waals surface area contributed by atoms with Crippen molar-refractivity contribution in [3.8, 4) is 0 Å². The van der Waals surface area contributed by atoms with Crippen LogP contribution in [0.1, 0.15) is 49.8 Å². The molecule has 126 valence electrons. The van der Waals surface area contributed by atoms with E-state index in [1.807, 2.05) is 60.7 Å². The maximum atomic E-state index is 11.9. The molecule has 1 atom stereocenters. The standard InChI is InChI=1S/C20H24N2O2/c1-2-3-6-15-18(23)21-22-19(16-11-7-4-8-12-16)20(24)17-13-9-5-10-14-17/h4-5,7-14,20,24H,2-3,6,15H2,1H3,(H,21,23)/b22-19+/t20-/m0/s1. The van der Waals surface area contributed by atoms with Gasteiger partial charge < -0.3 is 5.11 Å². The van der Waals surface area contributed by atoms with E-state index in [1.54, 1.807) is 0 Å². The Balaban J connectivity index is 2.17. The van der Waals surface area contributed by atoms with Gasteiger partial charge in [0.15, 0.2) is 0 Å². The summed E-state index contributed by atoms with van der Waals surface area (Å²) in [5, 5.41) is 14.9. The second kappa shape index (κ2) is 9.63. The van der Waals surface area contributed by atoms with Crippen LogP contribution in [0.3, 0.4) is 0 Å². The van der Waals surface area contributed by atoms with E-state index in [0.29, 0.717) is 12.1 Å². The van der Waals surface area contributed by atoms with Gasteiger partial charge in [0.1, 0.15) is 11.8 Å². The van der Waals surface area contributed by atoms with Gasteiger partial charge in [-0.3, -0.25) is 4.79 Å². The van der Waals surface area contributed by atoms with Gasteiger partial charge in [-0.1, -0.05) is 80.4 Å². The van der Waals surface area contributed by atoms with E-state index in [0.717, 1.165) is 30.4 Å². The first-order chi connectivity index (χ1) is 11.7. The molecule has 2 aromatic carbocycles. The fraction of sp³-hybridized carbons (Fsp3) is 0.300. The van der Waals surface area contributed by atoms with Crippen molar-refractivity contribution in [2.45, 2.75) is 38.7 Å². The number of unbranched alkanes of at least 4 members (excludes halogenated alkanes) is 2. The van der Waals surface area contributed by atoms with Crippen molar-refractivity contribution in [2.24, 2.45) is 5.10 Å². The summed E-state index contributed by atoms with van der Waals surface area (Å²) in [6.45, 7) is 2.10. The molecule has 0 saturated heterocycles. The van der Waals surface area contributed by atoms with Crippen molar-refractivity contribution in [1.29, 1.82) is 0 Å². The van der Waals surface area contributed by atoms with Crippen LogP contribution in [0, 0.1) is 0 Å². The van der Waals surface area contributed by atoms with E-state index < -0.39 is 6.10 Å². The fourth-order valence-corrected chi connectivity index (χ4v) is 2.40. The molecule has 0 aromatic heterocycles. The molecule has 2 rings (SSSR count). The molecule has 1 amide bonds. The zero-order valence-electron chi connectivity index (χ0n) is 14.0. The maximum absolute atomic E-state index is 11.9. The second-order valence-electron chi connectivity index (χ2n) is 5.67. The van der Waals surface area contributed by atoms with E-state index in [9.17, 15) is 9.90 Å². The van der Waals surface area contributed by atoms with Gasteiger partial charge in [0.2, 0.25) is 5.91 Å². The van der Waals surface area contributed by atoms with Crippen LogP contribution in [0.15, 0.2) is 65.8 Å². The molecule has 0 fully saturated rings. The normalized spacial score (nSPS) is 12.7. The van der Waals surface area contributed by atoms with Gasteiger partial charge in [0.25, 0.3) is 0 Å². The molecule has 4 nitrogen and oxygen atoms in total. The molecule has 0 heterocycles. The molecule has 0 spiro atoms. The predicted molar refractivity (Wildman–Crippen MR) is 96.7 cm³/mol. The predicted octanol–water partition coefficient (Wildman–Crippen LogP) is 3.82. The first-order valence-electron chi connectivity index (χ1n) is 8.37. The minimum absolute atomic E-state index is 0.128. The van der Waals surface area contributed by atoms with Gasteiger partial charge in [0, 0.05) is 12.0 Å². The molecule has 0 aliphatic heterocycles. The molecule has 0 bridgehead atoms. The Bertz CT molecular complexity index is 654. The van der Waals surface area contributed by atoms with Crippen molar-refractivity contribution in [3.05, 3.63) is 71.8 Å². The SMILES string of the molecule is CCCCCC(=O)N/N=C(\c1ccccc1)[C@@H](O)c1ccccc1. The van der Waals surface area contributed by atoms with Gasteiger partial charge >= 0.3 is 0 Å². The maximum Gasteiger partial charge on any atom is 0.240 e. The summed E-state index contributed by atoms with van der Waals surface area (Å²) in [5.74, 6) is -0.128. The minimum Gasteiger partial charge on any atom is -0.382 e. The Morgan fingerprint density at radius 1 is 1.04 bits per heavy atom. The van der Waals surface area contributed by atoms with Crippen molar-refractivity contribution >= 4 is 11.6 Å². The third-order valence-electron chi connectivity index (χ3n) is 3.75. The highest BCUT2D eigenvalue weighted by Gasteiger charge is 2.17. The number of carbonyl (C=O) groups is 1. The van der Waals surface area contributed by atoms with Crippen LogP contribution < -0.4 is 5.43 Å². The van der Waals surface area contributed by atoms with Crippen LogP contribution in [-0.2, 0) is 4.79 Å². The van der Waals surface area contributed by atoms with E-state index in [4.69, 9.17) is 0 Å². The quantitative estimate of drug-likeness (QED) is 0.440. The lowest BCUT2D eigenvalue weighted by Crippen LogP contribution is -2.23. The average Bonchev–Trinajstić information content (AvgIpc) is 2.63. The highest BCUT2D eigenvalue weighted by atomic mass is 16.3. The van der Waals surface area contributed by atoms with Crippen molar-refractivity contribution in [3.63, 3.8) is 0 Å². The molecular weight excluding hydrogens is 300 g/mol. The molecule has 0 aliphatic carbocycles. The van der Waals surface area contributed by atoms with Crippen LogP contribution in [0.5, 0.6) is 0 Å². The summed E-state index contributed by atoms with van der Waals surface area (Å²) >= 11 is 0. The zero-order chi connectivity index (χ0) is 17.2. The van der Waals surface area contributed by atoms with Gasteiger partial charge in [-0.05, 0) is 12.0 Å². The van der Waals surface area contributed by atoms with E-state index >= 15 is 0 Å². The zero-order valence-corrected chi connectivity index (χ0v) is 14.0. The third-order valence-corrected chi connectivity index (χ3v) is 3.75. The number of amides is 1. The summed E-state index contributed by atoms with van der Waals surface area (Å²) in [7, 11) is 0. The first kappa shape index (κ1) is 17.9. The Morgan fingerprint density at radius 3 is 2.29 bits per heavy atom. The van der Waals surface area contributed by atoms with Crippen molar-refractivity contribution in [1.82, 2.24) is 5.43 Å². The van der Waals surface area contributed by atoms with Crippen LogP contribution in [0.4, 0.5) is 0 Å². The number of rotatable bonds is 8. The summed E-state index contributed by atoms with van der Waals surface area (Å²) < 4.78 is 0. The van der Waals surface area contributed by atoms with Crippen LogP contribution >= 0.6 is 0 Å². The van der Waals surface area contributed by atoms with E-state index in [2.05, 4.69) is 17.5 Å². The van der Waals surface area contributed by atoms with E-state index in [-0.39, 0.29) is 5.91 Å². The molecule has 4 heteroatoms. The van der Waals surface area contributed by atoms with Crippen LogP contribution in [0.2, 0.25) is 0 Å². The number of nitrogens with one attached hydrogen (secondary N) is 1. The molecule has 2 N–H and O–H groups in total. The number of benzene rings is 2. The number of hydrogen-bond donors (Lipinski definition) is 2. The molecule has 2 aromatic rings. The molecule has 0 aliphatic rings. The minimum atomic E-state index is -0.899. The topological polar surface area (TPSA) is 61.7 Å². The highest BCUT2D eigenvalue weighted by Crippen LogP contribution is 2.19. The second-order valence-corrected chi connectivity index (χ2v) is 5.67. The first-order valence-corrected chi connectivity index (χ1v) is 8.37. The Labute approximate surface area is 143 Å². The number of aliphatic hydroxyl groups is 1. The smallest absolute Gasteiger partial charge is 0.240 e. The molecule has 0 saturated carbocycles. The fourth-order valence-electron chi connectivity index (χ4n) is 2.40. The summed E-state index contributed by atoms with van der Waals surface area (Å²) in [4.78, 5) is 11.9. The average molecular weight is 324 g/mol. The molecular formula is C20H24N2O2. The van der Waals surface area contributed by atoms with Gasteiger partial charge in [-0.25, -0.2) is 5.43 Å². The number of hydrazone groups is 1. The van der Waals surface area contributed by atoms with Gasteiger partial charge in [0.05, 0.1) is 0 Å². The highest BCUT2D eigenvalue weighted by molar-refractivity contribution is 6.04. The summed E-state index contributed by atoms with van der Waals surface area (Å²) in [6, 6.07) is 18.7. The van der Waals surface area contributed by atoms with Gasteiger partial charge in [-0.2, -0.15) is 5.10 Å². The number of nitrogens with zero attached hydrogens (tertiary/aromatic N) is 1. The lowest BCUT2D eigenvalue weighted by molar-refractivity contribution is -0.121. The number of carbonyl (C=O) groups excluding carboxylic acids is 1. The largest absolute Gasteiger partial charge is 0.382 e. The van der Waals surface area contributed by atoms with Crippen LogP contribution in [0.25, 0.3) is 0 Å². The van der Waals surface area contributed by atoms with Crippen LogP contribution in [-0.4, -0.2) is 16.7 Å². The summed E-state index contributed by atoms with van der Waals surface area (Å²) in [5.41, 5.74) is 4.53. The Hall–Kier alpha value is -2.46. The number of aliphatic hydroxyl groups excluding tert-OH is 1. The molecule has 0 unspecified atom stereocenters. The van der Waals surface area contributed by atoms with Gasteiger partial charge in [-0.15, -0.1) is 0 Å².